The van der Waals surface area contributed by atoms with Gasteiger partial charge in [0.25, 0.3) is 0 Å². The molecular formula is C17H18N2O6. The Labute approximate surface area is 143 Å². The highest BCUT2D eigenvalue weighted by Gasteiger charge is 2.29. The Balaban J connectivity index is 1.54. The lowest BCUT2D eigenvalue weighted by atomic mass is 10.2. The highest BCUT2D eigenvalue weighted by atomic mass is 16.7. The predicted molar refractivity (Wildman–Crippen MR) is 86.4 cm³/mol. The van der Waals surface area contributed by atoms with Gasteiger partial charge in [0.05, 0.1) is 19.3 Å². The van der Waals surface area contributed by atoms with Crippen LogP contribution < -0.4 is 10.4 Å². The molecule has 1 aromatic carbocycles. The van der Waals surface area contributed by atoms with Gasteiger partial charge in [-0.25, -0.2) is 9.59 Å². The van der Waals surface area contributed by atoms with Crippen LogP contribution in [0, 0.1) is 6.92 Å². The van der Waals surface area contributed by atoms with E-state index >= 15 is 0 Å². The fourth-order valence-electron chi connectivity index (χ4n) is 2.35. The molecule has 2 atom stereocenters. The zero-order valence-corrected chi connectivity index (χ0v) is 13.9. The van der Waals surface area contributed by atoms with Crippen molar-refractivity contribution in [2.24, 2.45) is 0 Å². The van der Waals surface area contributed by atoms with Crippen LogP contribution in [0.5, 0.6) is 5.75 Å². The second kappa shape index (κ2) is 7.45. The molecule has 8 heteroatoms. The fraction of sp³-hybridized carbons (Fsp3) is 0.353. The molecule has 0 amide bonds. The van der Waals surface area contributed by atoms with Crippen molar-refractivity contribution in [3.05, 3.63) is 58.3 Å². The number of carbonyl (C=O) groups is 1. The lowest BCUT2D eigenvalue weighted by Gasteiger charge is -2.13. The van der Waals surface area contributed by atoms with Crippen LogP contribution in [0.3, 0.4) is 0 Å². The third kappa shape index (κ3) is 4.04. The first kappa shape index (κ1) is 17.1. The summed E-state index contributed by atoms with van der Waals surface area (Å²) in [6, 6.07) is 8.27. The van der Waals surface area contributed by atoms with E-state index in [9.17, 15) is 9.59 Å². The summed E-state index contributed by atoms with van der Waals surface area (Å²) in [5.41, 5.74) is 0.615. The number of nitrogens with zero attached hydrogens (tertiary/aromatic N) is 2. The second-order valence-electron chi connectivity index (χ2n) is 5.44. The van der Waals surface area contributed by atoms with Crippen molar-refractivity contribution >= 4 is 5.97 Å². The smallest absolute Gasteiger partial charge is 0.349 e. The molecule has 0 saturated carbocycles. The van der Waals surface area contributed by atoms with Crippen molar-refractivity contribution in [3.8, 4) is 5.75 Å². The third-order valence-corrected chi connectivity index (χ3v) is 3.69. The summed E-state index contributed by atoms with van der Waals surface area (Å²) in [7, 11) is 1.55. The van der Waals surface area contributed by atoms with E-state index in [4.69, 9.17) is 18.9 Å². The van der Waals surface area contributed by atoms with Crippen LogP contribution in [-0.4, -0.2) is 42.1 Å². The van der Waals surface area contributed by atoms with Crippen molar-refractivity contribution in [1.29, 1.82) is 0 Å². The van der Waals surface area contributed by atoms with Gasteiger partial charge in [-0.3, -0.25) is 4.57 Å². The lowest BCUT2D eigenvalue weighted by molar-refractivity contribution is -0.103. The van der Waals surface area contributed by atoms with E-state index in [-0.39, 0.29) is 13.2 Å². The summed E-state index contributed by atoms with van der Waals surface area (Å²) in [5.74, 6) is 0.159. The van der Waals surface area contributed by atoms with Crippen molar-refractivity contribution < 1.29 is 23.7 Å². The number of esters is 1. The molecule has 2 aromatic rings. The van der Waals surface area contributed by atoms with E-state index in [1.807, 2.05) is 0 Å². The minimum absolute atomic E-state index is 0.0740. The fourth-order valence-corrected chi connectivity index (χ4v) is 2.35. The molecule has 1 aromatic heterocycles. The van der Waals surface area contributed by atoms with E-state index in [0.717, 1.165) is 0 Å². The molecular weight excluding hydrogens is 328 g/mol. The molecule has 8 nitrogen and oxygen atoms in total. The summed E-state index contributed by atoms with van der Waals surface area (Å²) >= 11 is 0. The average Bonchev–Trinajstić information content (AvgIpc) is 3.08. The van der Waals surface area contributed by atoms with Gasteiger partial charge < -0.3 is 18.9 Å². The number of ether oxygens (including phenoxy) is 4. The van der Waals surface area contributed by atoms with Gasteiger partial charge in [-0.15, -0.1) is 0 Å². The van der Waals surface area contributed by atoms with Crippen LogP contribution in [-0.2, 0) is 14.2 Å². The zero-order chi connectivity index (χ0) is 17.8. The Bertz CT molecular complexity index is 802. The SMILES string of the molecule is COc1ccc(C(=O)OC[C@H]2OC[C@@H](n3ccc(C)nc3=O)O2)cc1. The zero-order valence-electron chi connectivity index (χ0n) is 13.9. The second-order valence-corrected chi connectivity index (χ2v) is 5.44. The number of aromatic nitrogens is 2. The normalized spacial score (nSPS) is 19.6. The Hall–Kier alpha value is -2.71. The number of hydrogen-bond donors (Lipinski definition) is 0. The molecule has 3 rings (SSSR count). The van der Waals surface area contributed by atoms with Crippen LogP contribution >= 0.6 is 0 Å². The van der Waals surface area contributed by atoms with Crippen LogP contribution in [0.25, 0.3) is 0 Å². The van der Waals surface area contributed by atoms with Gasteiger partial charge in [0.15, 0.2) is 12.5 Å². The van der Waals surface area contributed by atoms with Gasteiger partial charge in [-0.2, -0.15) is 4.98 Å². The minimum atomic E-state index is -0.736. The summed E-state index contributed by atoms with van der Waals surface area (Å²) in [5, 5.41) is 0. The topological polar surface area (TPSA) is 88.9 Å². The molecule has 1 aliphatic heterocycles. The van der Waals surface area contributed by atoms with Crippen LogP contribution in [0.15, 0.2) is 41.3 Å². The maximum absolute atomic E-state index is 12.0. The van der Waals surface area contributed by atoms with Crippen LogP contribution in [0.2, 0.25) is 0 Å². The van der Waals surface area contributed by atoms with E-state index in [2.05, 4.69) is 4.98 Å². The minimum Gasteiger partial charge on any atom is -0.497 e. The highest BCUT2D eigenvalue weighted by molar-refractivity contribution is 5.89. The highest BCUT2D eigenvalue weighted by Crippen LogP contribution is 2.20. The van der Waals surface area contributed by atoms with Crippen molar-refractivity contribution in [2.45, 2.75) is 19.4 Å². The van der Waals surface area contributed by atoms with Gasteiger partial charge in [-0.1, -0.05) is 0 Å². The van der Waals surface area contributed by atoms with Crippen molar-refractivity contribution in [1.82, 2.24) is 9.55 Å². The molecule has 25 heavy (non-hydrogen) atoms. The van der Waals surface area contributed by atoms with Gasteiger partial charge >= 0.3 is 11.7 Å². The molecule has 0 bridgehead atoms. The molecule has 132 valence electrons. The van der Waals surface area contributed by atoms with Gasteiger partial charge in [0.1, 0.15) is 12.4 Å². The Morgan fingerprint density at radius 2 is 2.08 bits per heavy atom. The number of benzene rings is 1. The molecule has 1 aliphatic rings. The van der Waals surface area contributed by atoms with Crippen molar-refractivity contribution in [3.63, 3.8) is 0 Å². The first-order chi connectivity index (χ1) is 12.1. The first-order valence-corrected chi connectivity index (χ1v) is 7.71. The Kier molecular flexibility index (Phi) is 5.11. The lowest BCUT2D eigenvalue weighted by Crippen LogP contribution is -2.28. The van der Waals surface area contributed by atoms with E-state index in [1.54, 1.807) is 50.6 Å². The maximum atomic E-state index is 12.0. The van der Waals surface area contributed by atoms with E-state index in [0.29, 0.717) is 17.0 Å². The van der Waals surface area contributed by atoms with E-state index in [1.165, 1.54) is 4.57 Å². The quantitative estimate of drug-likeness (QED) is 0.754. The van der Waals surface area contributed by atoms with Gasteiger partial charge in [-0.05, 0) is 37.3 Å². The third-order valence-electron chi connectivity index (χ3n) is 3.69. The summed E-state index contributed by atoms with van der Waals surface area (Å²) in [6.45, 7) is 1.84. The monoisotopic (exact) mass is 346 g/mol. The van der Waals surface area contributed by atoms with Gasteiger partial charge in [0, 0.05) is 11.9 Å². The number of aryl methyl sites for hydroxylation is 1. The molecule has 2 heterocycles. The summed E-state index contributed by atoms with van der Waals surface area (Å²) < 4.78 is 22.6. The van der Waals surface area contributed by atoms with Gasteiger partial charge in [0.2, 0.25) is 0 Å². The number of carbonyl (C=O) groups excluding carboxylic acids is 1. The first-order valence-electron chi connectivity index (χ1n) is 7.71. The molecule has 0 radical (unpaired) electrons. The molecule has 1 fully saturated rings. The molecule has 1 saturated heterocycles. The molecule has 0 N–H and O–H groups in total. The van der Waals surface area contributed by atoms with E-state index < -0.39 is 24.2 Å². The average molecular weight is 346 g/mol. The van der Waals surface area contributed by atoms with Crippen molar-refractivity contribution in [2.75, 3.05) is 20.3 Å². The molecule has 0 spiro atoms. The summed E-state index contributed by atoms with van der Waals surface area (Å²) in [4.78, 5) is 27.7. The molecule has 0 aliphatic carbocycles. The summed E-state index contributed by atoms with van der Waals surface area (Å²) in [6.07, 6.45) is 0.274. The standard InChI is InChI=1S/C17H18N2O6/c1-11-7-8-19(17(21)18-11)14-9-23-15(25-14)10-24-16(20)12-3-5-13(22-2)6-4-12/h3-8,14-15H,9-10H2,1-2H3/t14-,15-/m0/s1. The van der Waals surface area contributed by atoms with Crippen LogP contribution in [0.4, 0.5) is 0 Å². The maximum Gasteiger partial charge on any atom is 0.349 e. The number of methoxy groups -OCH3 is 1. The number of rotatable bonds is 5. The number of hydrogen-bond acceptors (Lipinski definition) is 7. The Morgan fingerprint density at radius 1 is 1.32 bits per heavy atom. The van der Waals surface area contributed by atoms with Crippen LogP contribution in [0.1, 0.15) is 22.3 Å². The molecule has 0 unspecified atom stereocenters. The largest absolute Gasteiger partial charge is 0.497 e. The Morgan fingerprint density at radius 3 is 2.76 bits per heavy atom. The predicted octanol–water partition coefficient (Wildman–Crippen LogP) is 1.29.